The summed E-state index contributed by atoms with van der Waals surface area (Å²) >= 11 is 0. The number of alkyl halides is 3. The van der Waals surface area contributed by atoms with E-state index in [-0.39, 0.29) is 0 Å². The summed E-state index contributed by atoms with van der Waals surface area (Å²) in [5.41, 5.74) is 0.206. The molecule has 0 atom stereocenters. The summed E-state index contributed by atoms with van der Waals surface area (Å²) < 4.78 is 36.4. The van der Waals surface area contributed by atoms with Gasteiger partial charge in [-0.3, -0.25) is 0 Å². The van der Waals surface area contributed by atoms with Gasteiger partial charge in [-0.25, -0.2) is 0 Å². The highest BCUT2D eigenvalue weighted by atomic mass is 19.4. The molecule has 0 amide bonds. The number of hydrogen-bond donors (Lipinski definition) is 0. The fourth-order valence-electron chi connectivity index (χ4n) is 1.08. The van der Waals surface area contributed by atoms with Crippen LogP contribution in [0.2, 0.25) is 0 Å². The molecule has 0 radical (unpaired) electrons. The van der Waals surface area contributed by atoms with Crippen molar-refractivity contribution < 1.29 is 13.2 Å². The number of rotatable bonds is 2. The molecule has 74 valence electrons. The van der Waals surface area contributed by atoms with Gasteiger partial charge in [-0.2, -0.15) is 13.2 Å². The van der Waals surface area contributed by atoms with Gasteiger partial charge in [0.05, 0.1) is 5.56 Å². The summed E-state index contributed by atoms with van der Waals surface area (Å²) in [6.45, 7) is 0. The van der Waals surface area contributed by atoms with Crippen molar-refractivity contribution in [1.29, 1.82) is 0 Å². The predicted molar refractivity (Wildman–Crippen MR) is 48.6 cm³/mol. The third kappa shape index (κ3) is 2.81. The summed E-state index contributed by atoms with van der Waals surface area (Å²) in [4.78, 5) is 0. The van der Waals surface area contributed by atoms with Gasteiger partial charge < -0.3 is 0 Å². The third-order valence-electron chi connectivity index (χ3n) is 1.84. The lowest BCUT2D eigenvalue weighted by molar-refractivity contribution is -0.137. The molecule has 0 bridgehead atoms. The molecule has 0 aliphatic carbocycles. The number of terminal acetylenes is 1. The van der Waals surface area contributed by atoms with E-state index in [2.05, 4.69) is 5.92 Å². The molecular weight excluding hydrogens is 189 g/mol. The van der Waals surface area contributed by atoms with E-state index in [0.717, 1.165) is 17.7 Å². The van der Waals surface area contributed by atoms with Gasteiger partial charge >= 0.3 is 6.18 Å². The second kappa shape index (κ2) is 4.19. The normalized spacial score (nSPS) is 11.0. The zero-order valence-electron chi connectivity index (χ0n) is 7.43. The highest BCUT2D eigenvalue weighted by Gasteiger charge is 2.29. The number of aryl methyl sites for hydroxylation is 1. The number of hydrogen-bond acceptors (Lipinski definition) is 0. The lowest BCUT2D eigenvalue weighted by Crippen LogP contribution is -2.04. The zero-order valence-corrected chi connectivity index (χ0v) is 7.43. The van der Waals surface area contributed by atoms with Crippen LogP contribution >= 0.6 is 0 Å². The average Bonchev–Trinajstić information content (AvgIpc) is 2.14. The number of benzene rings is 1. The molecular formula is C11H9F3. The van der Waals surface area contributed by atoms with E-state index < -0.39 is 11.7 Å². The molecule has 0 aliphatic heterocycles. The maximum absolute atomic E-state index is 12.1. The first kappa shape index (κ1) is 10.6. The Morgan fingerprint density at radius 3 is 2.14 bits per heavy atom. The number of halogens is 3. The minimum Gasteiger partial charge on any atom is -0.166 e. The van der Waals surface area contributed by atoms with Gasteiger partial charge in [0.25, 0.3) is 0 Å². The molecule has 0 saturated heterocycles. The van der Waals surface area contributed by atoms with E-state index in [4.69, 9.17) is 6.42 Å². The smallest absolute Gasteiger partial charge is 0.166 e. The summed E-state index contributed by atoms with van der Waals surface area (Å²) in [6, 6.07) is 5.07. The van der Waals surface area contributed by atoms with E-state index in [1.165, 1.54) is 12.1 Å². The van der Waals surface area contributed by atoms with Crippen molar-refractivity contribution in [2.24, 2.45) is 0 Å². The molecule has 0 fully saturated rings. The molecule has 3 heteroatoms. The topological polar surface area (TPSA) is 0 Å². The van der Waals surface area contributed by atoms with Crippen molar-refractivity contribution >= 4 is 0 Å². The quantitative estimate of drug-likeness (QED) is 0.640. The molecule has 0 nitrogen and oxygen atoms in total. The second-order valence-corrected chi connectivity index (χ2v) is 2.90. The molecule has 1 rings (SSSR count). The van der Waals surface area contributed by atoms with Crippen LogP contribution < -0.4 is 0 Å². The maximum Gasteiger partial charge on any atom is 0.416 e. The van der Waals surface area contributed by atoms with Gasteiger partial charge in [-0.15, -0.1) is 12.3 Å². The highest BCUT2D eigenvalue weighted by molar-refractivity contribution is 5.25. The lowest BCUT2D eigenvalue weighted by Gasteiger charge is -2.06. The molecule has 14 heavy (non-hydrogen) atoms. The van der Waals surface area contributed by atoms with Gasteiger partial charge in [-0.05, 0) is 24.1 Å². The summed E-state index contributed by atoms with van der Waals surface area (Å²) in [7, 11) is 0. The Bertz CT molecular complexity index is 327. The monoisotopic (exact) mass is 198 g/mol. The van der Waals surface area contributed by atoms with Crippen LogP contribution in [0.4, 0.5) is 13.2 Å². The average molecular weight is 198 g/mol. The van der Waals surface area contributed by atoms with Gasteiger partial charge in [0.2, 0.25) is 0 Å². The Morgan fingerprint density at radius 2 is 1.71 bits per heavy atom. The van der Waals surface area contributed by atoms with E-state index >= 15 is 0 Å². The highest BCUT2D eigenvalue weighted by Crippen LogP contribution is 2.29. The molecule has 0 unspecified atom stereocenters. The van der Waals surface area contributed by atoms with Crippen LogP contribution in [0.1, 0.15) is 17.5 Å². The summed E-state index contributed by atoms with van der Waals surface area (Å²) in [6.07, 6.45) is 1.95. The standard InChI is InChI=1S/C11H9F3/c1-2-3-4-9-5-7-10(8-6-9)11(12,13)14/h1,5-8H,3-4H2. The molecule has 0 heterocycles. The Labute approximate surface area is 80.8 Å². The minimum absolute atomic E-state index is 0.547. The Morgan fingerprint density at radius 1 is 1.14 bits per heavy atom. The fourth-order valence-corrected chi connectivity index (χ4v) is 1.08. The zero-order chi connectivity index (χ0) is 10.6. The maximum atomic E-state index is 12.1. The Balaban J connectivity index is 2.75. The van der Waals surface area contributed by atoms with Crippen molar-refractivity contribution in [2.75, 3.05) is 0 Å². The van der Waals surface area contributed by atoms with Crippen LogP contribution in [0.3, 0.4) is 0 Å². The minimum atomic E-state index is -4.26. The van der Waals surface area contributed by atoms with E-state index in [9.17, 15) is 13.2 Å². The van der Waals surface area contributed by atoms with Crippen LogP contribution in [-0.4, -0.2) is 0 Å². The van der Waals surface area contributed by atoms with Crippen LogP contribution in [0.25, 0.3) is 0 Å². The van der Waals surface area contributed by atoms with Gasteiger partial charge in [0.15, 0.2) is 0 Å². The van der Waals surface area contributed by atoms with Crippen molar-refractivity contribution in [2.45, 2.75) is 19.0 Å². The Hall–Kier alpha value is -1.43. The van der Waals surface area contributed by atoms with Crippen molar-refractivity contribution in [3.8, 4) is 12.3 Å². The lowest BCUT2D eigenvalue weighted by atomic mass is 10.1. The summed E-state index contributed by atoms with van der Waals surface area (Å²) in [5, 5.41) is 0. The second-order valence-electron chi connectivity index (χ2n) is 2.90. The van der Waals surface area contributed by atoms with Crippen LogP contribution in [0.5, 0.6) is 0 Å². The van der Waals surface area contributed by atoms with E-state index in [0.29, 0.717) is 12.8 Å². The summed E-state index contributed by atoms with van der Waals surface area (Å²) in [5.74, 6) is 2.44. The van der Waals surface area contributed by atoms with Crippen LogP contribution in [0.15, 0.2) is 24.3 Å². The van der Waals surface area contributed by atoms with Crippen molar-refractivity contribution in [3.05, 3.63) is 35.4 Å². The van der Waals surface area contributed by atoms with Crippen LogP contribution in [0, 0.1) is 12.3 Å². The van der Waals surface area contributed by atoms with Gasteiger partial charge in [-0.1, -0.05) is 12.1 Å². The van der Waals surface area contributed by atoms with Gasteiger partial charge in [0, 0.05) is 6.42 Å². The molecule has 0 spiro atoms. The van der Waals surface area contributed by atoms with E-state index in [1.54, 1.807) is 0 Å². The first-order valence-electron chi connectivity index (χ1n) is 4.13. The van der Waals surface area contributed by atoms with Crippen LogP contribution in [-0.2, 0) is 12.6 Å². The third-order valence-corrected chi connectivity index (χ3v) is 1.84. The molecule has 1 aromatic carbocycles. The largest absolute Gasteiger partial charge is 0.416 e. The molecule has 0 saturated carbocycles. The predicted octanol–water partition coefficient (Wildman–Crippen LogP) is 3.27. The molecule has 0 N–H and O–H groups in total. The SMILES string of the molecule is C#CCCc1ccc(C(F)(F)F)cc1. The first-order valence-corrected chi connectivity index (χ1v) is 4.13. The van der Waals surface area contributed by atoms with E-state index in [1.807, 2.05) is 0 Å². The molecule has 0 aliphatic rings. The fraction of sp³-hybridized carbons (Fsp3) is 0.273. The van der Waals surface area contributed by atoms with Crippen molar-refractivity contribution in [3.63, 3.8) is 0 Å². The molecule has 0 aromatic heterocycles. The first-order chi connectivity index (χ1) is 6.54. The van der Waals surface area contributed by atoms with Crippen molar-refractivity contribution in [1.82, 2.24) is 0 Å². The molecule has 1 aromatic rings. The van der Waals surface area contributed by atoms with Gasteiger partial charge in [0.1, 0.15) is 0 Å². The Kier molecular flexibility index (Phi) is 3.19.